The monoisotopic (exact) mass is 376 g/mol. The van der Waals surface area contributed by atoms with E-state index in [1.54, 1.807) is 19.2 Å². The fourth-order valence-electron chi connectivity index (χ4n) is 3.20. The average Bonchev–Trinajstić information content (AvgIpc) is 2.89. The number of rotatable bonds is 7. The molecule has 1 aliphatic heterocycles. The number of imide groups is 1. The number of amides is 3. The molecule has 1 heterocycles. The lowest BCUT2D eigenvalue weighted by atomic mass is 9.86. The van der Waals surface area contributed by atoms with Crippen LogP contribution < -0.4 is 10.1 Å². The van der Waals surface area contributed by atoms with Gasteiger partial charge in [-0.05, 0) is 49.4 Å². The molecule has 7 heteroatoms. The first kappa shape index (κ1) is 20.7. The Morgan fingerprint density at radius 2 is 1.93 bits per heavy atom. The van der Waals surface area contributed by atoms with Crippen LogP contribution >= 0.6 is 0 Å². The molecule has 0 saturated carbocycles. The minimum absolute atomic E-state index is 0.168. The van der Waals surface area contributed by atoms with Crippen molar-refractivity contribution in [2.24, 2.45) is 5.92 Å². The SMILES string of the molecule is CCC1(c2ccc(OC)c(C)c2)NC(=O)N(C(C)C(=O)OCC(C)C)C1=O. The quantitative estimate of drug-likeness (QED) is 0.584. The average molecular weight is 376 g/mol. The van der Waals surface area contributed by atoms with Gasteiger partial charge in [0.25, 0.3) is 5.91 Å². The van der Waals surface area contributed by atoms with Crippen LogP contribution in [0.3, 0.4) is 0 Å². The number of nitrogens with zero attached hydrogens (tertiary/aromatic N) is 1. The first-order valence-corrected chi connectivity index (χ1v) is 9.15. The number of urea groups is 1. The lowest BCUT2D eigenvalue weighted by molar-refractivity contribution is -0.153. The molecule has 3 amide bonds. The van der Waals surface area contributed by atoms with Gasteiger partial charge in [-0.2, -0.15) is 0 Å². The third-order valence-corrected chi connectivity index (χ3v) is 4.83. The van der Waals surface area contributed by atoms with Gasteiger partial charge in [0.1, 0.15) is 17.3 Å². The van der Waals surface area contributed by atoms with Crippen LogP contribution in [0.25, 0.3) is 0 Å². The Morgan fingerprint density at radius 1 is 1.26 bits per heavy atom. The molecule has 1 fully saturated rings. The molecule has 1 aromatic carbocycles. The van der Waals surface area contributed by atoms with E-state index in [4.69, 9.17) is 9.47 Å². The molecule has 0 bridgehead atoms. The van der Waals surface area contributed by atoms with Gasteiger partial charge in [-0.1, -0.05) is 26.8 Å². The van der Waals surface area contributed by atoms with Crippen molar-refractivity contribution < 1.29 is 23.9 Å². The van der Waals surface area contributed by atoms with E-state index in [0.29, 0.717) is 17.7 Å². The largest absolute Gasteiger partial charge is 0.496 e. The van der Waals surface area contributed by atoms with E-state index in [9.17, 15) is 14.4 Å². The number of carbonyl (C=O) groups excluding carboxylic acids is 3. The molecule has 148 valence electrons. The molecule has 0 spiro atoms. The van der Waals surface area contributed by atoms with Crippen LogP contribution in [-0.2, 0) is 19.9 Å². The second kappa shape index (κ2) is 7.98. The van der Waals surface area contributed by atoms with Gasteiger partial charge in [0.2, 0.25) is 0 Å². The summed E-state index contributed by atoms with van der Waals surface area (Å²) < 4.78 is 10.5. The first-order chi connectivity index (χ1) is 12.7. The number of nitrogens with one attached hydrogen (secondary N) is 1. The highest BCUT2D eigenvalue weighted by Gasteiger charge is 2.54. The van der Waals surface area contributed by atoms with Crippen molar-refractivity contribution in [1.29, 1.82) is 0 Å². The van der Waals surface area contributed by atoms with Crippen molar-refractivity contribution >= 4 is 17.9 Å². The highest BCUT2D eigenvalue weighted by atomic mass is 16.5. The number of esters is 1. The van der Waals surface area contributed by atoms with E-state index in [0.717, 1.165) is 10.5 Å². The number of carbonyl (C=O) groups is 3. The molecule has 1 saturated heterocycles. The predicted molar refractivity (Wildman–Crippen MR) is 100 cm³/mol. The zero-order chi connectivity index (χ0) is 20.4. The van der Waals surface area contributed by atoms with Crippen molar-refractivity contribution in [3.05, 3.63) is 29.3 Å². The molecule has 2 rings (SSSR count). The summed E-state index contributed by atoms with van der Waals surface area (Å²) in [6.45, 7) is 9.27. The summed E-state index contributed by atoms with van der Waals surface area (Å²) in [6.07, 6.45) is 0.355. The molecule has 7 nitrogen and oxygen atoms in total. The summed E-state index contributed by atoms with van der Waals surface area (Å²) in [5, 5.41) is 2.79. The van der Waals surface area contributed by atoms with E-state index in [1.807, 2.05) is 33.8 Å². The van der Waals surface area contributed by atoms with Crippen LogP contribution in [0.5, 0.6) is 5.75 Å². The third kappa shape index (κ3) is 3.77. The Balaban J connectivity index is 2.33. The van der Waals surface area contributed by atoms with Gasteiger partial charge in [0, 0.05) is 0 Å². The maximum atomic E-state index is 13.2. The van der Waals surface area contributed by atoms with Crippen molar-refractivity contribution in [2.45, 2.75) is 52.6 Å². The van der Waals surface area contributed by atoms with Crippen LogP contribution in [0.4, 0.5) is 4.79 Å². The van der Waals surface area contributed by atoms with Gasteiger partial charge in [-0.25, -0.2) is 14.5 Å². The Labute approximate surface area is 160 Å². The van der Waals surface area contributed by atoms with Gasteiger partial charge in [-0.15, -0.1) is 0 Å². The topological polar surface area (TPSA) is 84.9 Å². The van der Waals surface area contributed by atoms with E-state index in [-0.39, 0.29) is 12.5 Å². The minimum atomic E-state index is -1.21. The number of benzene rings is 1. The molecule has 1 aliphatic rings. The molecule has 1 aromatic rings. The van der Waals surface area contributed by atoms with Crippen molar-refractivity contribution in [1.82, 2.24) is 10.2 Å². The summed E-state index contributed by atoms with van der Waals surface area (Å²) in [6, 6.07) is 3.77. The van der Waals surface area contributed by atoms with Gasteiger partial charge in [0.15, 0.2) is 0 Å². The lowest BCUT2D eigenvalue weighted by Crippen LogP contribution is -2.47. The second-order valence-electron chi connectivity index (χ2n) is 7.25. The highest BCUT2D eigenvalue weighted by Crippen LogP contribution is 2.35. The first-order valence-electron chi connectivity index (χ1n) is 9.15. The van der Waals surface area contributed by atoms with Gasteiger partial charge < -0.3 is 14.8 Å². The Hall–Kier alpha value is -2.57. The van der Waals surface area contributed by atoms with Gasteiger partial charge in [0.05, 0.1) is 13.7 Å². The summed E-state index contributed by atoms with van der Waals surface area (Å²) in [4.78, 5) is 39.1. The Kier molecular flexibility index (Phi) is 6.13. The van der Waals surface area contributed by atoms with Crippen molar-refractivity contribution in [3.63, 3.8) is 0 Å². The normalized spacial score (nSPS) is 20.6. The molecule has 2 atom stereocenters. The number of ether oxygens (including phenoxy) is 2. The summed E-state index contributed by atoms with van der Waals surface area (Å²) in [7, 11) is 1.58. The maximum absolute atomic E-state index is 13.2. The Morgan fingerprint density at radius 3 is 2.44 bits per heavy atom. The number of hydrogen-bond acceptors (Lipinski definition) is 5. The predicted octanol–water partition coefficient (Wildman–Crippen LogP) is 2.75. The van der Waals surface area contributed by atoms with Crippen LogP contribution in [0.1, 0.15) is 45.2 Å². The van der Waals surface area contributed by atoms with Crippen LogP contribution in [0.15, 0.2) is 18.2 Å². The van der Waals surface area contributed by atoms with Gasteiger partial charge >= 0.3 is 12.0 Å². The molecule has 0 radical (unpaired) electrons. The molecule has 2 unspecified atom stereocenters. The zero-order valence-electron chi connectivity index (χ0n) is 16.8. The van der Waals surface area contributed by atoms with Crippen LogP contribution in [0.2, 0.25) is 0 Å². The van der Waals surface area contributed by atoms with E-state index in [1.165, 1.54) is 6.92 Å². The number of hydrogen-bond donors (Lipinski definition) is 1. The van der Waals surface area contributed by atoms with Crippen LogP contribution in [-0.4, -0.2) is 42.6 Å². The summed E-state index contributed by atoms with van der Waals surface area (Å²) in [5.41, 5.74) is 0.306. The van der Waals surface area contributed by atoms with Crippen LogP contribution in [0, 0.1) is 12.8 Å². The molecule has 27 heavy (non-hydrogen) atoms. The molecule has 0 aliphatic carbocycles. The highest BCUT2D eigenvalue weighted by molar-refractivity contribution is 6.09. The number of methoxy groups -OCH3 is 1. The summed E-state index contributed by atoms with van der Waals surface area (Å²) in [5.74, 6) is -0.177. The number of aryl methyl sites for hydroxylation is 1. The standard InChI is InChI=1S/C20H28N2O5/c1-7-20(15-8-9-16(26-6)13(4)10-15)18(24)22(19(25)21-20)14(5)17(23)27-11-12(2)3/h8-10,12,14H,7,11H2,1-6H3,(H,21,25). The zero-order valence-corrected chi connectivity index (χ0v) is 16.8. The smallest absolute Gasteiger partial charge is 0.329 e. The van der Waals surface area contributed by atoms with E-state index < -0.39 is 29.5 Å². The maximum Gasteiger partial charge on any atom is 0.329 e. The molecule has 1 N–H and O–H groups in total. The molecular weight excluding hydrogens is 348 g/mol. The van der Waals surface area contributed by atoms with E-state index >= 15 is 0 Å². The third-order valence-electron chi connectivity index (χ3n) is 4.83. The second-order valence-corrected chi connectivity index (χ2v) is 7.25. The van der Waals surface area contributed by atoms with Gasteiger partial charge in [-0.3, -0.25) is 4.79 Å². The Bertz CT molecular complexity index is 746. The molecular formula is C20H28N2O5. The van der Waals surface area contributed by atoms with Crippen molar-refractivity contribution in [3.8, 4) is 5.75 Å². The van der Waals surface area contributed by atoms with Crippen molar-refractivity contribution in [2.75, 3.05) is 13.7 Å². The minimum Gasteiger partial charge on any atom is -0.496 e. The summed E-state index contributed by atoms with van der Waals surface area (Å²) >= 11 is 0. The fraction of sp³-hybridized carbons (Fsp3) is 0.550. The molecule has 0 aromatic heterocycles. The van der Waals surface area contributed by atoms with E-state index in [2.05, 4.69) is 5.32 Å². The fourth-order valence-corrected chi connectivity index (χ4v) is 3.20. The lowest BCUT2D eigenvalue weighted by Gasteiger charge is -2.27.